The van der Waals surface area contributed by atoms with Gasteiger partial charge in [0.05, 0.1) is 11.7 Å². The summed E-state index contributed by atoms with van der Waals surface area (Å²) in [5.74, 6) is -6.40. The van der Waals surface area contributed by atoms with Crippen molar-refractivity contribution >= 4 is 27.0 Å². The summed E-state index contributed by atoms with van der Waals surface area (Å²) in [5, 5.41) is 7.37. The van der Waals surface area contributed by atoms with E-state index in [1.807, 2.05) is 0 Å². The molecule has 7 nitrogen and oxygen atoms in total. The molecule has 0 saturated heterocycles. The van der Waals surface area contributed by atoms with E-state index in [1.165, 1.54) is 25.1 Å². The van der Waals surface area contributed by atoms with E-state index in [1.54, 1.807) is 30.3 Å². The Labute approximate surface area is 178 Å². The second-order valence-electron chi connectivity index (χ2n) is 7.24. The number of alkyl halides is 2. The van der Waals surface area contributed by atoms with Crippen LogP contribution in [0.3, 0.4) is 0 Å². The molecule has 1 aliphatic heterocycles. The van der Waals surface area contributed by atoms with Crippen LogP contribution in [0.5, 0.6) is 0 Å². The highest BCUT2D eigenvalue weighted by molar-refractivity contribution is 8.06. The van der Waals surface area contributed by atoms with E-state index in [2.05, 4.69) is 0 Å². The van der Waals surface area contributed by atoms with Crippen molar-refractivity contribution in [2.24, 2.45) is 5.92 Å². The Hall–Kier alpha value is -3.01. The zero-order chi connectivity index (χ0) is 22.8. The van der Waals surface area contributed by atoms with E-state index in [4.69, 9.17) is 9.84 Å². The fourth-order valence-corrected chi connectivity index (χ4v) is 5.13. The minimum Gasteiger partial charge on any atom is -0.481 e. The van der Waals surface area contributed by atoms with Gasteiger partial charge in [-0.3, -0.25) is 9.10 Å². The van der Waals surface area contributed by atoms with Gasteiger partial charge in [-0.25, -0.2) is 13.6 Å². The van der Waals surface area contributed by atoms with E-state index in [0.29, 0.717) is 9.87 Å². The van der Waals surface area contributed by atoms with Gasteiger partial charge in [0.1, 0.15) is 6.61 Å². The molecule has 0 amide bonds. The van der Waals surface area contributed by atoms with Crippen LogP contribution in [-0.2, 0) is 32.1 Å². The van der Waals surface area contributed by atoms with E-state index in [9.17, 15) is 18.0 Å². The number of nitrogens with zero attached hydrogens (tertiary/aromatic N) is 1. The Morgan fingerprint density at radius 3 is 2.35 bits per heavy atom. The molecule has 2 atom stereocenters. The average molecular weight is 453 g/mol. The van der Waals surface area contributed by atoms with Crippen molar-refractivity contribution in [3.05, 3.63) is 65.7 Å². The van der Waals surface area contributed by atoms with Crippen LogP contribution >= 0.6 is 0 Å². The van der Waals surface area contributed by atoms with Crippen LogP contribution in [-0.4, -0.2) is 30.8 Å². The van der Waals surface area contributed by atoms with Gasteiger partial charge in [-0.15, -0.1) is 0 Å². The lowest BCUT2D eigenvalue weighted by Gasteiger charge is -2.44. The smallest absolute Gasteiger partial charge is 0.445 e. The maximum atomic E-state index is 15.2. The summed E-state index contributed by atoms with van der Waals surface area (Å²) >= 11 is 0. The third-order valence-corrected chi connectivity index (χ3v) is 6.84. The number of halogens is 2. The summed E-state index contributed by atoms with van der Waals surface area (Å²) in [6, 6.07) is 12.0. The normalized spacial score (nSPS) is 20.0. The van der Waals surface area contributed by atoms with Gasteiger partial charge >= 0.3 is 21.3 Å². The number of anilines is 1. The van der Waals surface area contributed by atoms with Crippen LogP contribution < -0.4 is 4.31 Å². The van der Waals surface area contributed by atoms with Gasteiger partial charge in [0.25, 0.3) is 5.92 Å². The van der Waals surface area contributed by atoms with Crippen molar-refractivity contribution in [3.8, 4) is 0 Å². The number of rotatable bonds is 6. The number of carbonyl (C=O) groups excluding carboxylic acids is 1. The minimum absolute atomic E-state index is 0.304. The topological polar surface area (TPSA) is 101 Å². The van der Waals surface area contributed by atoms with Gasteiger partial charge < -0.3 is 9.84 Å². The first-order valence-corrected chi connectivity index (χ1v) is 10.9. The molecule has 0 radical (unpaired) electrons. The molecule has 3 rings (SSSR count). The molecule has 10 heteroatoms. The Morgan fingerprint density at radius 2 is 1.71 bits per heavy atom. The molecule has 0 saturated carbocycles. The number of benzene rings is 2. The first-order chi connectivity index (χ1) is 14.6. The third kappa shape index (κ3) is 4.39. The quantitative estimate of drug-likeness (QED) is 0.660. The van der Waals surface area contributed by atoms with E-state index in [0.717, 1.165) is 6.07 Å². The first kappa shape index (κ1) is 22.7. The van der Waals surface area contributed by atoms with E-state index >= 15 is 8.78 Å². The predicted octanol–water partition coefficient (Wildman–Crippen LogP) is 4.13. The molecule has 1 heterocycles. The fourth-order valence-electron chi connectivity index (χ4n) is 3.75. The van der Waals surface area contributed by atoms with Crippen molar-refractivity contribution in [1.29, 1.82) is 0 Å². The minimum atomic E-state index is -4.82. The summed E-state index contributed by atoms with van der Waals surface area (Å²) in [5.41, 5.74) is -0.352. The summed E-state index contributed by atoms with van der Waals surface area (Å²) in [7, 11) is -4.82. The highest BCUT2D eigenvalue weighted by atomic mass is 32.2. The van der Waals surface area contributed by atoms with Gasteiger partial charge in [-0.1, -0.05) is 48.5 Å². The zero-order valence-electron chi connectivity index (χ0n) is 16.6. The molecule has 1 N–H and O–H groups in total. The number of hydrogen-bond acceptors (Lipinski definition) is 5. The van der Waals surface area contributed by atoms with Crippen LogP contribution in [0.15, 0.2) is 54.6 Å². The van der Waals surface area contributed by atoms with Crippen LogP contribution in [0.2, 0.25) is 0 Å². The van der Waals surface area contributed by atoms with Gasteiger partial charge in [-0.2, -0.15) is 8.42 Å². The molecule has 1 aliphatic rings. The molecule has 2 aromatic rings. The number of fused-ring (bicyclic) bond motifs is 1. The zero-order valence-corrected chi connectivity index (χ0v) is 17.4. The second-order valence-corrected chi connectivity index (χ2v) is 8.92. The summed E-state index contributed by atoms with van der Waals surface area (Å²) in [6.07, 6.45) is -1.04. The molecule has 0 fully saturated rings. The molecular formula is C21H21F2NO6S. The van der Waals surface area contributed by atoms with Crippen molar-refractivity contribution in [2.75, 3.05) is 4.31 Å². The lowest BCUT2D eigenvalue weighted by atomic mass is 9.81. The Morgan fingerprint density at radius 1 is 1.10 bits per heavy atom. The SMILES string of the molecule is C[C@@H]1C(CCC(=O)O)C(F)(F)c2ccccc2N1S(=O)(=O)C(=O)OCc1ccccc1. The molecular weight excluding hydrogens is 432 g/mol. The molecule has 0 spiro atoms. The summed E-state index contributed by atoms with van der Waals surface area (Å²) in [4.78, 5) is 23.5. The molecule has 2 aromatic carbocycles. The standard InChI is InChI=1S/C21H21F2NO6S/c1-14-16(11-12-19(25)26)21(22,23)17-9-5-6-10-18(17)24(14)31(28,29)20(27)30-13-15-7-3-2-4-8-15/h2-10,14,16H,11-13H2,1H3,(H,25,26)/t14-,16?/m1/s1. The van der Waals surface area contributed by atoms with Gasteiger partial charge in [0, 0.05) is 17.9 Å². The predicted molar refractivity (Wildman–Crippen MR) is 108 cm³/mol. The summed E-state index contributed by atoms with van der Waals surface area (Å²) < 4.78 is 62.0. The summed E-state index contributed by atoms with van der Waals surface area (Å²) in [6.45, 7) is 0.930. The number of carboxylic acid groups (broad SMARTS) is 1. The Kier molecular flexibility index (Phi) is 6.30. The highest BCUT2D eigenvalue weighted by Crippen LogP contribution is 2.51. The van der Waals surface area contributed by atoms with Gasteiger partial charge in [-0.05, 0) is 25.0 Å². The lowest BCUT2D eigenvalue weighted by molar-refractivity contribution is -0.138. The first-order valence-electron chi connectivity index (χ1n) is 9.51. The number of carboxylic acids is 1. The molecule has 1 unspecified atom stereocenters. The number of aliphatic carboxylic acids is 1. The number of para-hydroxylation sites is 1. The van der Waals surface area contributed by atoms with Crippen molar-refractivity contribution < 1.29 is 36.6 Å². The Balaban J connectivity index is 1.97. The molecule has 0 aromatic heterocycles. The number of carbonyl (C=O) groups is 2. The highest BCUT2D eigenvalue weighted by Gasteiger charge is 2.55. The largest absolute Gasteiger partial charge is 0.481 e. The monoisotopic (exact) mass is 453 g/mol. The maximum absolute atomic E-state index is 15.2. The van der Waals surface area contributed by atoms with E-state index < -0.39 is 57.6 Å². The maximum Gasteiger partial charge on any atom is 0.445 e. The fraction of sp³-hybridized carbons (Fsp3) is 0.333. The third-order valence-electron chi connectivity index (χ3n) is 5.26. The molecule has 166 valence electrons. The van der Waals surface area contributed by atoms with Crippen molar-refractivity contribution in [2.45, 2.75) is 38.3 Å². The lowest BCUT2D eigenvalue weighted by Crippen LogP contribution is -2.54. The van der Waals surface area contributed by atoms with Crippen molar-refractivity contribution in [1.82, 2.24) is 0 Å². The van der Waals surface area contributed by atoms with E-state index in [-0.39, 0.29) is 12.3 Å². The molecule has 31 heavy (non-hydrogen) atoms. The number of sulfonamides is 1. The average Bonchev–Trinajstić information content (AvgIpc) is 2.72. The number of hydrogen-bond donors (Lipinski definition) is 1. The molecule has 0 aliphatic carbocycles. The van der Waals surface area contributed by atoms with Crippen LogP contribution in [0.1, 0.15) is 30.9 Å². The second kappa shape index (κ2) is 8.62. The van der Waals surface area contributed by atoms with Crippen LogP contribution in [0, 0.1) is 5.92 Å². The molecule has 0 bridgehead atoms. The van der Waals surface area contributed by atoms with Crippen molar-refractivity contribution in [3.63, 3.8) is 0 Å². The van der Waals surface area contributed by atoms with Crippen LogP contribution in [0.4, 0.5) is 19.3 Å². The van der Waals surface area contributed by atoms with Crippen LogP contribution in [0.25, 0.3) is 0 Å². The Bertz CT molecular complexity index is 1070. The van der Waals surface area contributed by atoms with Gasteiger partial charge in [0.2, 0.25) is 0 Å². The number of ether oxygens (including phenoxy) is 1. The van der Waals surface area contributed by atoms with Gasteiger partial charge in [0.15, 0.2) is 0 Å².